The van der Waals surface area contributed by atoms with Crippen LogP contribution in [0.4, 0.5) is 0 Å². The summed E-state index contributed by atoms with van der Waals surface area (Å²) < 4.78 is 0. The van der Waals surface area contributed by atoms with Gasteiger partial charge in [-0.05, 0) is 51.2 Å². The summed E-state index contributed by atoms with van der Waals surface area (Å²) >= 11 is 0. The zero-order chi connectivity index (χ0) is 23.3. The molecule has 0 aliphatic carbocycles. The highest BCUT2D eigenvalue weighted by molar-refractivity contribution is 5.94. The molecule has 2 atom stereocenters. The molecule has 174 valence electrons. The normalized spacial score (nSPS) is 13.1. The van der Waals surface area contributed by atoms with Crippen molar-refractivity contribution >= 4 is 11.8 Å². The number of amides is 2. The predicted molar refractivity (Wildman–Crippen MR) is 126 cm³/mol. The summed E-state index contributed by atoms with van der Waals surface area (Å²) in [4.78, 5) is 37.5. The summed E-state index contributed by atoms with van der Waals surface area (Å²) in [5, 5.41) is 6.24. The predicted octanol–water partition coefficient (Wildman–Crippen LogP) is 2.75. The number of aromatic nitrogens is 2. The molecule has 0 saturated carbocycles. The molecular weight excluding hydrogens is 404 g/mol. The lowest BCUT2D eigenvalue weighted by Crippen LogP contribution is -2.51. The molecule has 2 aromatic rings. The molecule has 2 heterocycles. The van der Waals surface area contributed by atoms with Gasteiger partial charge in [0.15, 0.2) is 0 Å². The smallest absolute Gasteiger partial charge is 0.254 e. The Hall–Kier alpha value is -2.84. The molecule has 0 fully saturated rings. The van der Waals surface area contributed by atoms with Gasteiger partial charge in [-0.3, -0.25) is 29.4 Å². The van der Waals surface area contributed by atoms with Crippen LogP contribution in [0.5, 0.6) is 0 Å². The molecule has 2 aromatic heterocycles. The van der Waals surface area contributed by atoms with E-state index in [0.29, 0.717) is 11.1 Å². The summed E-state index contributed by atoms with van der Waals surface area (Å²) in [6.07, 6.45) is 9.93. The number of pyridine rings is 2. The van der Waals surface area contributed by atoms with Gasteiger partial charge in [0.25, 0.3) is 11.8 Å². The molecule has 0 bridgehead atoms. The van der Waals surface area contributed by atoms with E-state index in [9.17, 15) is 9.59 Å². The first-order valence-electron chi connectivity index (χ1n) is 11.3. The average molecular weight is 441 g/mol. The van der Waals surface area contributed by atoms with Gasteiger partial charge in [0.2, 0.25) is 0 Å². The maximum absolute atomic E-state index is 12.6. The van der Waals surface area contributed by atoms with Crippen LogP contribution in [0.15, 0.2) is 49.1 Å². The second kappa shape index (κ2) is 13.5. The maximum atomic E-state index is 12.6. The van der Waals surface area contributed by atoms with E-state index in [1.165, 1.54) is 0 Å². The van der Waals surface area contributed by atoms with Crippen LogP contribution in [0.1, 0.15) is 60.2 Å². The summed E-state index contributed by atoms with van der Waals surface area (Å²) in [6, 6.07) is 7.05. The molecule has 0 aromatic carbocycles. The third-order valence-electron chi connectivity index (χ3n) is 5.44. The summed E-state index contributed by atoms with van der Waals surface area (Å²) in [5.74, 6) is -0.242. The second-order valence-corrected chi connectivity index (χ2v) is 8.00. The number of hydrogen-bond acceptors (Lipinski definition) is 6. The fourth-order valence-corrected chi connectivity index (χ4v) is 3.44. The average Bonchev–Trinajstić information content (AvgIpc) is 2.82. The van der Waals surface area contributed by atoms with E-state index in [1.54, 1.807) is 49.1 Å². The van der Waals surface area contributed by atoms with E-state index in [0.717, 1.165) is 38.8 Å². The van der Waals surface area contributed by atoms with E-state index in [1.807, 2.05) is 14.1 Å². The van der Waals surface area contributed by atoms with Gasteiger partial charge in [-0.2, -0.15) is 0 Å². The molecule has 2 amide bonds. The van der Waals surface area contributed by atoms with Crippen LogP contribution in [0.2, 0.25) is 0 Å². The van der Waals surface area contributed by atoms with Crippen LogP contribution in [-0.2, 0) is 0 Å². The molecule has 2 unspecified atom stereocenters. The lowest BCUT2D eigenvalue weighted by molar-refractivity contribution is 0.0794. The van der Waals surface area contributed by atoms with Gasteiger partial charge in [-0.15, -0.1) is 0 Å². The molecule has 0 aliphatic rings. The minimum Gasteiger partial charge on any atom is -0.336 e. The molecular formula is C24H36N6O2. The fraction of sp³-hybridized carbons (Fsp3) is 0.500. The highest BCUT2D eigenvalue weighted by Gasteiger charge is 2.21. The molecule has 0 aliphatic heterocycles. The first-order chi connectivity index (χ1) is 15.5. The van der Waals surface area contributed by atoms with E-state index >= 15 is 0 Å². The Morgan fingerprint density at radius 2 is 1.22 bits per heavy atom. The third kappa shape index (κ3) is 8.01. The topological polar surface area (TPSA) is 90.5 Å². The highest BCUT2D eigenvalue weighted by Crippen LogP contribution is 2.08. The summed E-state index contributed by atoms with van der Waals surface area (Å²) in [7, 11) is 4.03. The number of carbonyl (C=O) groups excluding carboxylic acids is 2. The number of likely N-dealkylation sites (N-methyl/N-ethyl adjacent to an activating group) is 2. The van der Waals surface area contributed by atoms with Gasteiger partial charge in [0.1, 0.15) is 0 Å². The number of nitrogens with zero attached hydrogens (tertiary/aromatic N) is 4. The van der Waals surface area contributed by atoms with Crippen LogP contribution < -0.4 is 10.6 Å². The molecule has 8 heteroatoms. The van der Waals surface area contributed by atoms with Crippen LogP contribution in [0, 0.1) is 0 Å². The summed E-state index contributed by atoms with van der Waals surface area (Å²) in [6.45, 7) is 5.71. The lowest BCUT2D eigenvalue weighted by atomic mass is 10.2. The Morgan fingerprint density at radius 3 is 1.53 bits per heavy atom. The van der Waals surface area contributed by atoms with Crippen molar-refractivity contribution in [2.45, 2.75) is 51.9 Å². The monoisotopic (exact) mass is 440 g/mol. The van der Waals surface area contributed by atoms with Gasteiger partial charge in [0.05, 0.1) is 23.5 Å². The molecule has 32 heavy (non-hydrogen) atoms. The largest absolute Gasteiger partial charge is 0.336 e. The molecule has 8 nitrogen and oxygen atoms in total. The Morgan fingerprint density at radius 1 is 0.812 bits per heavy atom. The summed E-state index contributed by atoms with van der Waals surface area (Å²) in [5.41, 5.74) is 1.11. The number of nitrogens with one attached hydrogen (secondary N) is 2. The molecule has 2 N–H and O–H groups in total. The van der Waals surface area contributed by atoms with Crippen molar-refractivity contribution in [3.63, 3.8) is 0 Å². The molecule has 0 saturated heterocycles. The molecule has 0 spiro atoms. The van der Waals surface area contributed by atoms with Crippen molar-refractivity contribution in [2.75, 3.05) is 27.2 Å². The fourth-order valence-electron chi connectivity index (χ4n) is 3.44. The van der Waals surface area contributed by atoms with E-state index in [4.69, 9.17) is 0 Å². The lowest BCUT2D eigenvalue weighted by Gasteiger charge is -2.33. The van der Waals surface area contributed by atoms with Gasteiger partial charge >= 0.3 is 0 Å². The van der Waals surface area contributed by atoms with E-state index < -0.39 is 0 Å². The van der Waals surface area contributed by atoms with E-state index in [2.05, 4.69) is 44.2 Å². The van der Waals surface area contributed by atoms with Crippen LogP contribution in [-0.4, -0.2) is 71.1 Å². The van der Waals surface area contributed by atoms with E-state index in [-0.39, 0.29) is 24.1 Å². The van der Waals surface area contributed by atoms with Crippen molar-refractivity contribution in [3.05, 3.63) is 60.2 Å². The Bertz CT molecular complexity index is 748. The van der Waals surface area contributed by atoms with Gasteiger partial charge in [-0.1, -0.05) is 26.7 Å². The van der Waals surface area contributed by atoms with Crippen molar-refractivity contribution in [3.8, 4) is 0 Å². The number of rotatable bonds is 13. The minimum atomic E-state index is -0.121. The third-order valence-corrected chi connectivity index (χ3v) is 5.44. The maximum Gasteiger partial charge on any atom is 0.254 e. The highest BCUT2D eigenvalue weighted by atomic mass is 16.2. The number of carbonyl (C=O) groups is 2. The van der Waals surface area contributed by atoms with Gasteiger partial charge in [-0.25, -0.2) is 0 Å². The van der Waals surface area contributed by atoms with Crippen molar-refractivity contribution in [1.29, 1.82) is 0 Å². The van der Waals surface area contributed by atoms with Crippen molar-refractivity contribution < 1.29 is 9.59 Å². The first kappa shape index (κ1) is 25.4. The standard InChI is InChI=1S/C24H36N6O2/c1-5-9-21(27-23(31)19-11-7-13-25-17-19)29(3)15-16-30(4)22(10-6-2)28-24(32)20-12-8-14-26-18-20/h7-8,11-14,17-18,21-22H,5-6,9-10,15-16H2,1-4H3,(H,27,31)(H,28,32). The zero-order valence-corrected chi connectivity index (χ0v) is 19.6. The van der Waals surface area contributed by atoms with Crippen LogP contribution >= 0.6 is 0 Å². The number of hydrogen-bond donors (Lipinski definition) is 2. The Kier molecular flexibility index (Phi) is 10.8. The van der Waals surface area contributed by atoms with Crippen molar-refractivity contribution in [1.82, 2.24) is 30.4 Å². The SMILES string of the molecule is CCCC(NC(=O)c1cccnc1)N(C)CCN(C)C(CCC)NC(=O)c1cccnc1. The van der Waals surface area contributed by atoms with Gasteiger partial charge < -0.3 is 10.6 Å². The van der Waals surface area contributed by atoms with Crippen molar-refractivity contribution in [2.24, 2.45) is 0 Å². The second-order valence-electron chi connectivity index (χ2n) is 8.00. The Balaban J connectivity index is 1.93. The first-order valence-corrected chi connectivity index (χ1v) is 11.3. The van der Waals surface area contributed by atoms with Crippen LogP contribution in [0.25, 0.3) is 0 Å². The van der Waals surface area contributed by atoms with Crippen LogP contribution in [0.3, 0.4) is 0 Å². The molecule has 2 rings (SSSR count). The zero-order valence-electron chi connectivity index (χ0n) is 19.6. The molecule has 0 radical (unpaired) electrons. The van der Waals surface area contributed by atoms with Gasteiger partial charge in [0, 0.05) is 37.9 Å². The minimum absolute atomic E-state index is 0.0734. The quantitative estimate of drug-likeness (QED) is 0.466. The Labute approximate surface area is 191 Å².